The second-order valence-electron chi connectivity index (χ2n) is 7.22. The molecule has 2 aromatic heterocycles. The molecule has 0 spiro atoms. The molecule has 10 heteroatoms. The molecular formula is C21H19ClF3N5O. The zero-order chi connectivity index (χ0) is 22.2. The smallest absolute Gasteiger partial charge is 0.352 e. The van der Waals surface area contributed by atoms with Crippen molar-refractivity contribution in [2.24, 2.45) is 0 Å². The van der Waals surface area contributed by atoms with Crippen LogP contribution in [-0.2, 0) is 6.18 Å². The molecule has 162 valence electrons. The highest BCUT2D eigenvalue weighted by molar-refractivity contribution is 6.33. The van der Waals surface area contributed by atoms with Crippen molar-refractivity contribution in [3.8, 4) is 5.69 Å². The van der Waals surface area contributed by atoms with Gasteiger partial charge in [0.15, 0.2) is 5.69 Å². The quantitative estimate of drug-likeness (QED) is 0.601. The van der Waals surface area contributed by atoms with Crippen LogP contribution in [0, 0.1) is 6.92 Å². The number of aryl methyl sites for hydroxylation is 1. The molecular weight excluding hydrogens is 431 g/mol. The highest BCUT2D eigenvalue weighted by Gasteiger charge is 2.32. The molecule has 3 aromatic rings. The minimum atomic E-state index is -4.50. The van der Waals surface area contributed by atoms with E-state index in [1.807, 2.05) is 37.3 Å². The molecule has 1 saturated heterocycles. The predicted molar refractivity (Wildman–Crippen MR) is 111 cm³/mol. The van der Waals surface area contributed by atoms with Gasteiger partial charge in [0.25, 0.3) is 5.91 Å². The van der Waals surface area contributed by atoms with Crippen molar-refractivity contribution < 1.29 is 18.0 Å². The lowest BCUT2D eigenvalue weighted by Gasteiger charge is -2.35. The first-order valence-electron chi connectivity index (χ1n) is 9.63. The number of amides is 1. The van der Waals surface area contributed by atoms with Gasteiger partial charge in [-0.15, -0.1) is 0 Å². The van der Waals surface area contributed by atoms with Gasteiger partial charge in [0, 0.05) is 38.1 Å². The van der Waals surface area contributed by atoms with Gasteiger partial charge in [-0.25, -0.2) is 9.67 Å². The number of halogens is 4. The summed E-state index contributed by atoms with van der Waals surface area (Å²) in [5.41, 5.74) is 1.17. The number of anilines is 1. The SMILES string of the molecule is Cc1cc(C(=O)N2CCN(c3ncc(C(F)(F)F)cc3Cl)CC2)nn1-c1ccccc1. The average Bonchev–Trinajstić information content (AvgIpc) is 3.15. The fourth-order valence-electron chi connectivity index (χ4n) is 3.51. The van der Waals surface area contributed by atoms with E-state index in [-0.39, 0.29) is 16.7 Å². The minimum absolute atomic E-state index is 0.0631. The lowest BCUT2D eigenvalue weighted by Crippen LogP contribution is -2.49. The van der Waals surface area contributed by atoms with Gasteiger partial charge in [-0.05, 0) is 31.2 Å². The summed E-state index contributed by atoms with van der Waals surface area (Å²) in [4.78, 5) is 20.3. The van der Waals surface area contributed by atoms with Gasteiger partial charge < -0.3 is 9.80 Å². The number of carbonyl (C=O) groups excluding carboxylic acids is 1. The maximum absolute atomic E-state index is 12.9. The van der Waals surface area contributed by atoms with Gasteiger partial charge in [0.05, 0.1) is 16.3 Å². The van der Waals surface area contributed by atoms with Crippen LogP contribution >= 0.6 is 11.6 Å². The third kappa shape index (κ3) is 4.36. The third-order valence-electron chi connectivity index (χ3n) is 5.12. The van der Waals surface area contributed by atoms with E-state index in [0.717, 1.165) is 23.6 Å². The van der Waals surface area contributed by atoms with E-state index in [2.05, 4.69) is 10.1 Å². The van der Waals surface area contributed by atoms with Crippen molar-refractivity contribution in [2.45, 2.75) is 13.1 Å². The Kier molecular flexibility index (Phi) is 5.62. The van der Waals surface area contributed by atoms with Gasteiger partial charge in [-0.3, -0.25) is 4.79 Å². The molecule has 0 saturated carbocycles. The van der Waals surface area contributed by atoms with Crippen LogP contribution in [0.2, 0.25) is 5.02 Å². The molecule has 1 aromatic carbocycles. The summed E-state index contributed by atoms with van der Waals surface area (Å²) in [6.45, 7) is 3.46. The normalized spacial score (nSPS) is 14.7. The first kappa shape index (κ1) is 21.2. The van der Waals surface area contributed by atoms with Gasteiger partial charge in [-0.2, -0.15) is 18.3 Å². The number of aromatic nitrogens is 3. The molecule has 0 N–H and O–H groups in total. The molecule has 0 radical (unpaired) electrons. The fraction of sp³-hybridized carbons (Fsp3) is 0.286. The van der Waals surface area contributed by atoms with E-state index in [1.54, 1.807) is 20.5 Å². The number of pyridine rings is 1. The molecule has 1 aliphatic heterocycles. The Morgan fingerprint density at radius 1 is 1.06 bits per heavy atom. The summed E-state index contributed by atoms with van der Waals surface area (Å²) in [6.07, 6.45) is -3.72. The monoisotopic (exact) mass is 449 g/mol. The predicted octanol–water partition coefficient (Wildman–Crippen LogP) is 4.21. The number of benzene rings is 1. The Balaban J connectivity index is 1.44. The number of hydrogen-bond donors (Lipinski definition) is 0. The number of carbonyl (C=O) groups is 1. The Morgan fingerprint density at radius 3 is 2.35 bits per heavy atom. The molecule has 1 fully saturated rings. The first-order chi connectivity index (χ1) is 14.7. The van der Waals surface area contributed by atoms with Crippen molar-refractivity contribution in [3.63, 3.8) is 0 Å². The van der Waals surface area contributed by atoms with E-state index in [0.29, 0.717) is 31.9 Å². The van der Waals surface area contributed by atoms with Gasteiger partial charge in [-0.1, -0.05) is 29.8 Å². The van der Waals surface area contributed by atoms with Gasteiger partial charge >= 0.3 is 6.18 Å². The highest BCUT2D eigenvalue weighted by Crippen LogP contribution is 2.33. The molecule has 4 rings (SSSR count). The summed E-state index contributed by atoms with van der Waals surface area (Å²) in [7, 11) is 0. The lowest BCUT2D eigenvalue weighted by molar-refractivity contribution is -0.137. The van der Waals surface area contributed by atoms with Crippen LogP contribution in [0.25, 0.3) is 5.69 Å². The second-order valence-corrected chi connectivity index (χ2v) is 7.63. The summed E-state index contributed by atoms with van der Waals surface area (Å²) >= 11 is 6.04. The number of para-hydroxylation sites is 1. The molecule has 3 heterocycles. The van der Waals surface area contributed by atoms with E-state index < -0.39 is 11.7 Å². The van der Waals surface area contributed by atoms with Crippen molar-refractivity contribution in [1.29, 1.82) is 0 Å². The van der Waals surface area contributed by atoms with Crippen LogP contribution in [0.1, 0.15) is 21.7 Å². The zero-order valence-electron chi connectivity index (χ0n) is 16.6. The fourth-order valence-corrected chi connectivity index (χ4v) is 3.80. The zero-order valence-corrected chi connectivity index (χ0v) is 17.4. The Labute approximate surface area is 181 Å². The summed E-state index contributed by atoms with van der Waals surface area (Å²) in [5, 5.41) is 4.39. The summed E-state index contributed by atoms with van der Waals surface area (Å²) < 4.78 is 40.2. The van der Waals surface area contributed by atoms with Crippen LogP contribution < -0.4 is 4.90 Å². The highest BCUT2D eigenvalue weighted by atomic mass is 35.5. The minimum Gasteiger partial charge on any atom is -0.352 e. The van der Waals surface area contributed by atoms with E-state index in [9.17, 15) is 18.0 Å². The molecule has 0 aliphatic carbocycles. The van der Waals surface area contributed by atoms with Crippen LogP contribution in [0.3, 0.4) is 0 Å². The van der Waals surface area contributed by atoms with E-state index in [1.165, 1.54) is 0 Å². The maximum Gasteiger partial charge on any atom is 0.417 e. The van der Waals surface area contributed by atoms with Crippen LogP contribution in [0.5, 0.6) is 0 Å². The van der Waals surface area contributed by atoms with E-state index >= 15 is 0 Å². The van der Waals surface area contributed by atoms with Crippen molar-refractivity contribution in [3.05, 3.63) is 70.6 Å². The number of alkyl halides is 3. The van der Waals surface area contributed by atoms with Crippen molar-refractivity contribution in [1.82, 2.24) is 19.7 Å². The number of piperazine rings is 1. The molecule has 1 aliphatic rings. The molecule has 0 bridgehead atoms. The number of hydrogen-bond acceptors (Lipinski definition) is 4. The molecule has 6 nitrogen and oxygen atoms in total. The van der Waals surface area contributed by atoms with Crippen molar-refractivity contribution in [2.75, 3.05) is 31.1 Å². The largest absolute Gasteiger partial charge is 0.417 e. The molecule has 0 atom stereocenters. The summed E-state index contributed by atoms with van der Waals surface area (Å²) in [6, 6.07) is 12.2. The standard InChI is InChI=1S/C21H19ClF3N5O/c1-14-11-18(27-30(14)16-5-3-2-4-6-16)20(31)29-9-7-28(8-10-29)19-17(22)12-15(13-26-19)21(23,24)25/h2-6,11-13H,7-10H2,1H3. The Morgan fingerprint density at radius 2 is 1.74 bits per heavy atom. The summed E-state index contributed by atoms with van der Waals surface area (Å²) in [5.74, 6) is 0.0925. The van der Waals surface area contributed by atoms with Crippen LogP contribution in [0.15, 0.2) is 48.7 Å². The Hall–Kier alpha value is -3.07. The maximum atomic E-state index is 12.9. The van der Waals surface area contributed by atoms with Crippen LogP contribution in [0.4, 0.5) is 19.0 Å². The molecule has 31 heavy (non-hydrogen) atoms. The molecule has 1 amide bonds. The number of rotatable bonds is 3. The first-order valence-corrected chi connectivity index (χ1v) is 10.0. The van der Waals surface area contributed by atoms with Crippen molar-refractivity contribution >= 4 is 23.3 Å². The second kappa shape index (κ2) is 8.22. The van der Waals surface area contributed by atoms with Gasteiger partial charge in [0.1, 0.15) is 5.82 Å². The van der Waals surface area contributed by atoms with Crippen LogP contribution in [-0.4, -0.2) is 51.8 Å². The Bertz CT molecular complexity index is 1090. The lowest BCUT2D eigenvalue weighted by atomic mass is 10.2. The number of nitrogens with zero attached hydrogens (tertiary/aromatic N) is 5. The topological polar surface area (TPSA) is 54.3 Å². The molecule has 0 unspecified atom stereocenters. The third-order valence-corrected chi connectivity index (χ3v) is 5.40. The van der Waals surface area contributed by atoms with E-state index in [4.69, 9.17) is 11.6 Å². The average molecular weight is 450 g/mol. The van der Waals surface area contributed by atoms with Gasteiger partial charge in [0.2, 0.25) is 0 Å².